The second kappa shape index (κ2) is 10.1. The van der Waals surface area contributed by atoms with Crippen molar-refractivity contribution in [3.05, 3.63) is 65.2 Å². The van der Waals surface area contributed by atoms with Gasteiger partial charge in [-0.2, -0.15) is 0 Å². The van der Waals surface area contributed by atoms with Gasteiger partial charge in [0, 0.05) is 56.4 Å². The summed E-state index contributed by atoms with van der Waals surface area (Å²) >= 11 is 0. The Morgan fingerprint density at radius 3 is 2.27 bits per heavy atom. The Kier molecular flexibility index (Phi) is 6.96. The van der Waals surface area contributed by atoms with E-state index in [-0.39, 0.29) is 23.8 Å². The van der Waals surface area contributed by atoms with Gasteiger partial charge in [0.1, 0.15) is 0 Å². The van der Waals surface area contributed by atoms with Crippen LogP contribution in [-0.4, -0.2) is 66.9 Å². The number of likely N-dealkylation sites (tertiary alicyclic amines) is 1. The van der Waals surface area contributed by atoms with Gasteiger partial charge in [0.15, 0.2) is 0 Å². The number of hydrogen-bond acceptors (Lipinski definition) is 5. The molecule has 0 spiro atoms. The molecule has 1 unspecified atom stereocenters. The molecule has 4 rings (SSSR count). The predicted octanol–water partition coefficient (Wildman–Crippen LogP) is 3.34. The molecular weight excluding hydrogens is 418 g/mol. The molecule has 2 fully saturated rings. The molecule has 2 saturated heterocycles. The molecule has 2 aliphatic rings. The Labute approximate surface area is 194 Å². The van der Waals surface area contributed by atoms with Gasteiger partial charge < -0.3 is 19.4 Å². The van der Waals surface area contributed by atoms with Crippen molar-refractivity contribution in [1.82, 2.24) is 9.80 Å². The maximum Gasteiger partial charge on any atom is 0.337 e. The number of carbonyl (C=O) groups is 3. The van der Waals surface area contributed by atoms with E-state index in [1.807, 2.05) is 46.2 Å². The summed E-state index contributed by atoms with van der Waals surface area (Å²) in [7, 11) is 1.37. The average molecular weight is 450 g/mol. The average Bonchev–Trinajstić information content (AvgIpc) is 2.85. The first-order chi connectivity index (χ1) is 16.0. The Morgan fingerprint density at radius 2 is 1.64 bits per heavy atom. The predicted molar refractivity (Wildman–Crippen MR) is 126 cm³/mol. The van der Waals surface area contributed by atoms with E-state index >= 15 is 0 Å². The number of esters is 1. The molecule has 2 heterocycles. The maximum atomic E-state index is 13.2. The quantitative estimate of drug-likeness (QED) is 0.655. The molecular formula is C26H31N3O4. The number of amides is 2. The number of nitrogens with zero attached hydrogens (tertiary/aromatic N) is 3. The molecule has 2 aliphatic heterocycles. The highest BCUT2D eigenvalue weighted by Crippen LogP contribution is 2.22. The number of rotatable bonds is 5. The molecule has 174 valence electrons. The summed E-state index contributed by atoms with van der Waals surface area (Å²) < 4.78 is 4.76. The molecule has 0 aromatic heterocycles. The lowest BCUT2D eigenvalue weighted by Gasteiger charge is -2.41. The van der Waals surface area contributed by atoms with Crippen LogP contribution < -0.4 is 4.90 Å². The van der Waals surface area contributed by atoms with Gasteiger partial charge in [-0.3, -0.25) is 9.59 Å². The van der Waals surface area contributed by atoms with Crippen molar-refractivity contribution in [3.63, 3.8) is 0 Å². The third-order valence-electron chi connectivity index (χ3n) is 6.54. The van der Waals surface area contributed by atoms with Gasteiger partial charge in [-0.15, -0.1) is 0 Å². The van der Waals surface area contributed by atoms with E-state index in [1.165, 1.54) is 7.11 Å². The molecule has 7 heteroatoms. The number of methoxy groups -OCH3 is 1. The third-order valence-corrected chi connectivity index (χ3v) is 6.54. The van der Waals surface area contributed by atoms with Gasteiger partial charge in [-0.05, 0) is 61.7 Å². The van der Waals surface area contributed by atoms with Gasteiger partial charge in [0.25, 0.3) is 5.91 Å². The number of anilines is 1. The van der Waals surface area contributed by atoms with E-state index in [0.717, 1.165) is 43.7 Å². The number of hydrogen-bond donors (Lipinski definition) is 0. The van der Waals surface area contributed by atoms with E-state index < -0.39 is 0 Å². The van der Waals surface area contributed by atoms with E-state index in [0.29, 0.717) is 30.6 Å². The molecule has 7 nitrogen and oxygen atoms in total. The number of ether oxygens (including phenoxy) is 1. The van der Waals surface area contributed by atoms with Gasteiger partial charge in [-0.25, -0.2) is 4.79 Å². The molecule has 2 amide bonds. The third kappa shape index (κ3) is 5.18. The summed E-state index contributed by atoms with van der Waals surface area (Å²) in [5.74, 6) is -0.101. The lowest BCUT2D eigenvalue weighted by molar-refractivity contribution is -0.133. The molecule has 0 saturated carbocycles. The fourth-order valence-electron chi connectivity index (χ4n) is 4.59. The summed E-state index contributed by atoms with van der Waals surface area (Å²) in [6, 6.07) is 15.1. The second-order valence-electron chi connectivity index (χ2n) is 8.80. The number of piperazine rings is 1. The van der Waals surface area contributed by atoms with Crippen molar-refractivity contribution >= 4 is 23.5 Å². The highest BCUT2D eigenvalue weighted by molar-refractivity contribution is 5.94. The first-order valence-corrected chi connectivity index (χ1v) is 11.6. The lowest BCUT2D eigenvalue weighted by atomic mass is 10.1. The first kappa shape index (κ1) is 22.8. The zero-order valence-corrected chi connectivity index (χ0v) is 19.3. The summed E-state index contributed by atoms with van der Waals surface area (Å²) in [4.78, 5) is 42.9. The van der Waals surface area contributed by atoms with E-state index in [9.17, 15) is 14.4 Å². The molecule has 0 bridgehead atoms. The van der Waals surface area contributed by atoms with Crippen molar-refractivity contribution in [1.29, 1.82) is 0 Å². The van der Waals surface area contributed by atoms with Crippen LogP contribution in [0.3, 0.4) is 0 Å². The number of benzene rings is 2. The van der Waals surface area contributed by atoms with Crippen LogP contribution in [0.1, 0.15) is 52.5 Å². The van der Waals surface area contributed by atoms with E-state index in [4.69, 9.17) is 4.74 Å². The summed E-state index contributed by atoms with van der Waals surface area (Å²) in [5, 5.41) is 0. The van der Waals surface area contributed by atoms with Crippen LogP contribution >= 0.6 is 0 Å². The highest BCUT2D eigenvalue weighted by atomic mass is 16.5. The monoisotopic (exact) mass is 449 g/mol. The topological polar surface area (TPSA) is 70.2 Å². The van der Waals surface area contributed by atoms with E-state index in [2.05, 4.69) is 11.8 Å². The van der Waals surface area contributed by atoms with Gasteiger partial charge >= 0.3 is 5.97 Å². The second-order valence-corrected chi connectivity index (χ2v) is 8.80. The fourth-order valence-corrected chi connectivity index (χ4v) is 4.59. The van der Waals surface area contributed by atoms with Crippen molar-refractivity contribution in [2.75, 3.05) is 38.2 Å². The van der Waals surface area contributed by atoms with Crippen LogP contribution in [0.15, 0.2) is 48.5 Å². The minimum absolute atomic E-state index is 0.0313. The van der Waals surface area contributed by atoms with Crippen molar-refractivity contribution in [2.45, 2.75) is 38.8 Å². The van der Waals surface area contributed by atoms with Gasteiger partial charge in [-0.1, -0.05) is 12.1 Å². The Balaban J connectivity index is 1.35. The van der Waals surface area contributed by atoms with Gasteiger partial charge in [0.2, 0.25) is 5.91 Å². The van der Waals surface area contributed by atoms with Crippen molar-refractivity contribution in [3.8, 4) is 0 Å². The first-order valence-electron chi connectivity index (χ1n) is 11.6. The van der Waals surface area contributed by atoms with Crippen molar-refractivity contribution in [2.24, 2.45) is 0 Å². The summed E-state index contributed by atoms with van der Waals surface area (Å²) in [6.07, 6.45) is 2.67. The standard InChI is InChI=1S/C26H31N3O4/c1-19-17-27(23-12-10-22(11-13-23)26(32)33-2)15-16-29(19)25(31)21-8-6-20(7-9-21)18-28-14-4-3-5-24(28)30/h6-13,19H,3-5,14-18H2,1-2H3. The number of piperidine rings is 1. The molecule has 33 heavy (non-hydrogen) atoms. The normalized spacial score (nSPS) is 18.9. The number of carbonyl (C=O) groups excluding carboxylic acids is 3. The molecule has 0 N–H and O–H groups in total. The van der Waals surface area contributed by atoms with Crippen LogP contribution in [0.2, 0.25) is 0 Å². The Hall–Kier alpha value is -3.35. The molecule has 2 aromatic carbocycles. The van der Waals surface area contributed by atoms with E-state index in [1.54, 1.807) is 12.1 Å². The van der Waals surface area contributed by atoms with Crippen LogP contribution in [0.5, 0.6) is 0 Å². The molecule has 2 aromatic rings. The van der Waals surface area contributed by atoms with Gasteiger partial charge in [0.05, 0.1) is 12.7 Å². The molecule has 1 atom stereocenters. The Bertz CT molecular complexity index is 1000. The smallest absolute Gasteiger partial charge is 0.337 e. The Morgan fingerprint density at radius 1 is 0.939 bits per heavy atom. The fraction of sp³-hybridized carbons (Fsp3) is 0.423. The summed E-state index contributed by atoms with van der Waals surface area (Å²) in [6.45, 7) is 5.55. The zero-order chi connectivity index (χ0) is 23.4. The largest absolute Gasteiger partial charge is 0.465 e. The minimum atomic E-state index is -0.348. The maximum absolute atomic E-state index is 13.2. The minimum Gasteiger partial charge on any atom is -0.465 e. The van der Waals surface area contributed by atoms with Crippen LogP contribution in [0.25, 0.3) is 0 Å². The van der Waals surface area contributed by atoms with Crippen LogP contribution in [-0.2, 0) is 16.1 Å². The SMILES string of the molecule is COC(=O)c1ccc(N2CCN(C(=O)c3ccc(CN4CCCCC4=O)cc3)C(C)C2)cc1. The van der Waals surface area contributed by atoms with Crippen molar-refractivity contribution < 1.29 is 19.1 Å². The highest BCUT2D eigenvalue weighted by Gasteiger charge is 2.28. The zero-order valence-electron chi connectivity index (χ0n) is 19.3. The molecule has 0 radical (unpaired) electrons. The summed E-state index contributed by atoms with van der Waals surface area (Å²) in [5.41, 5.74) is 3.27. The molecule has 0 aliphatic carbocycles. The van der Waals surface area contributed by atoms with Crippen LogP contribution in [0, 0.1) is 0 Å². The van der Waals surface area contributed by atoms with Crippen LogP contribution in [0.4, 0.5) is 5.69 Å². The lowest BCUT2D eigenvalue weighted by Crippen LogP contribution is -2.54.